The molecule has 0 aliphatic rings. The minimum absolute atomic E-state index is 0.792. The zero-order chi connectivity index (χ0) is 10.2. The van der Waals surface area contributed by atoms with E-state index in [1.165, 1.54) is 12.0 Å². The molecule has 0 unspecified atom stereocenters. The first-order chi connectivity index (χ1) is 6.83. The molecule has 1 nitrogen and oxygen atoms in total. The molecule has 0 saturated heterocycles. The maximum atomic E-state index is 5.78. The van der Waals surface area contributed by atoms with Gasteiger partial charge in [-0.05, 0) is 30.5 Å². The molecule has 0 bridgehead atoms. The Morgan fingerprint density at radius 1 is 1.14 bits per heavy atom. The summed E-state index contributed by atoms with van der Waals surface area (Å²) in [6.07, 6.45) is 3.32. The third-order valence-corrected chi connectivity index (χ3v) is 2.34. The Hall–Kier alpha value is -0.530. The van der Waals surface area contributed by atoms with E-state index in [2.05, 4.69) is 6.92 Å². The van der Waals surface area contributed by atoms with Gasteiger partial charge in [-0.3, -0.25) is 0 Å². The van der Waals surface area contributed by atoms with Crippen molar-refractivity contribution in [2.75, 3.05) is 13.2 Å². The molecule has 0 amide bonds. The van der Waals surface area contributed by atoms with E-state index >= 15 is 0 Å². The van der Waals surface area contributed by atoms with Crippen LogP contribution in [-0.4, -0.2) is 13.2 Å². The van der Waals surface area contributed by atoms with Crippen LogP contribution in [0, 0.1) is 0 Å². The smallest absolute Gasteiger partial charge is 0.0506 e. The highest BCUT2D eigenvalue weighted by Gasteiger charge is 1.93. The quantitative estimate of drug-likeness (QED) is 0.654. The molecule has 0 heterocycles. The fourth-order valence-corrected chi connectivity index (χ4v) is 1.32. The topological polar surface area (TPSA) is 9.23 Å². The van der Waals surface area contributed by atoms with Crippen molar-refractivity contribution in [2.45, 2.75) is 26.2 Å². The fourth-order valence-electron chi connectivity index (χ4n) is 1.19. The van der Waals surface area contributed by atoms with Crippen molar-refractivity contribution in [3.05, 3.63) is 34.9 Å². The third-order valence-electron chi connectivity index (χ3n) is 2.09. The SMILES string of the molecule is CCCCOCCc1ccc(Cl)cc1. The monoisotopic (exact) mass is 212 g/mol. The Balaban J connectivity index is 2.15. The lowest BCUT2D eigenvalue weighted by molar-refractivity contribution is 0.134. The molecule has 0 atom stereocenters. The van der Waals surface area contributed by atoms with E-state index in [1.807, 2.05) is 24.3 Å². The molecule has 78 valence electrons. The average Bonchev–Trinajstić information content (AvgIpc) is 2.21. The first-order valence-corrected chi connectivity index (χ1v) is 5.53. The van der Waals surface area contributed by atoms with Crippen LogP contribution in [0.5, 0.6) is 0 Å². The summed E-state index contributed by atoms with van der Waals surface area (Å²) in [5.74, 6) is 0. The molecule has 0 aliphatic heterocycles. The van der Waals surface area contributed by atoms with E-state index in [4.69, 9.17) is 16.3 Å². The van der Waals surface area contributed by atoms with E-state index in [-0.39, 0.29) is 0 Å². The molecular formula is C12H17ClO. The summed E-state index contributed by atoms with van der Waals surface area (Å²) in [5.41, 5.74) is 1.28. The highest BCUT2D eigenvalue weighted by molar-refractivity contribution is 6.30. The molecule has 14 heavy (non-hydrogen) atoms. The van der Waals surface area contributed by atoms with E-state index in [1.54, 1.807) is 0 Å². The number of hydrogen-bond donors (Lipinski definition) is 0. The number of halogens is 1. The summed E-state index contributed by atoms with van der Waals surface area (Å²) < 4.78 is 5.48. The summed E-state index contributed by atoms with van der Waals surface area (Å²) in [6, 6.07) is 7.93. The molecule has 0 spiro atoms. The Morgan fingerprint density at radius 3 is 2.50 bits per heavy atom. The van der Waals surface area contributed by atoms with Gasteiger partial charge in [0.15, 0.2) is 0 Å². The Bertz CT molecular complexity index is 243. The number of hydrogen-bond acceptors (Lipinski definition) is 1. The normalized spacial score (nSPS) is 10.4. The molecule has 0 aliphatic carbocycles. The minimum atomic E-state index is 0.792. The molecule has 1 rings (SSSR count). The molecule has 0 saturated carbocycles. The standard InChI is InChI=1S/C12H17ClO/c1-2-3-9-14-10-8-11-4-6-12(13)7-5-11/h4-7H,2-3,8-10H2,1H3. The van der Waals surface area contributed by atoms with Crippen LogP contribution >= 0.6 is 11.6 Å². The second kappa shape index (κ2) is 6.86. The maximum absolute atomic E-state index is 5.78. The van der Waals surface area contributed by atoms with Crippen LogP contribution in [0.1, 0.15) is 25.3 Å². The molecule has 2 heteroatoms. The van der Waals surface area contributed by atoms with E-state index in [9.17, 15) is 0 Å². The Kier molecular flexibility index (Phi) is 5.65. The van der Waals surface area contributed by atoms with Gasteiger partial charge in [-0.2, -0.15) is 0 Å². The summed E-state index contributed by atoms with van der Waals surface area (Å²) in [4.78, 5) is 0. The number of unbranched alkanes of at least 4 members (excludes halogenated alkanes) is 1. The van der Waals surface area contributed by atoms with Gasteiger partial charge in [-0.15, -0.1) is 0 Å². The van der Waals surface area contributed by atoms with Gasteiger partial charge in [0.25, 0.3) is 0 Å². The Labute approximate surface area is 91.0 Å². The van der Waals surface area contributed by atoms with Crippen molar-refractivity contribution in [2.24, 2.45) is 0 Å². The van der Waals surface area contributed by atoms with Crippen LogP contribution in [-0.2, 0) is 11.2 Å². The lowest BCUT2D eigenvalue weighted by atomic mass is 10.2. The molecule has 0 fully saturated rings. The second-order valence-electron chi connectivity index (χ2n) is 3.34. The van der Waals surface area contributed by atoms with Crippen molar-refractivity contribution in [1.29, 1.82) is 0 Å². The summed E-state index contributed by atoms with van der Waals surface area (Å²) >= 11 is 5.78. The van der Waals surface area contributed by atoms with Crippen LogP contribution in [0.25, 0.3) is 0 Å². The fraction of sp³-hybridized carbons (Fsp3) is 0.500. The third kappa shape index (κ3) is 4.64. The van der Waals surface area contributed by atoms with Crippen molar-refractivity contribution >= 4 is 11.6 Å². The van der Waals surface area contributed by atoms with Gasteiger partial charge in [0, 0.05) is 11.6 Å². The lowest BCUT2D eigenvalue weighted by Gasteiger charge is -2.03. The van der Waals surface area contributed by atoms with Crippen molar-refractivity contribution in [1.82, 2.24) is 0 Å². The molecule has 1 aromatic carbocycles. The van der Waals surface area contributed by atoms with Gasteiger partial charge in [0.2, 0.25) is 0 Å². The van der Waals surface area contributed by atoms with Gasteiger partial charge >= 0.3 is 0 Å². The number of rotatable bonds is 6. The van der Waals surface area contributed by atoms with E-state index in [0.717, 1.165) is 31.1 Å². The zero-order valence-electron chi connectivity index (χ0n) is 8.63. The van der Waals surface area contributed by atoms with Crippen molar-refractivity contribution < 1.29 is 4.74 Å². The maximum Gasteiger partial charge on any atom is 0.0506 e. The predicted octanol–water partition coefficient (Wildman–Crippen LogP) is 3.70. The first-order valence-electron chi connectivity index (χ1n) is 5.15. The van der Waals surface area contributed by atoms with Crippen LogP contribution in [0.15, 0.2) is 24.3 Å². The first kappa shape index (κ1) is 11.5. The van der Waals surface area contributed by atoms with Gasteiger partial charge in [0.1, 0.15) is 0 Å². The second-order valence-corrected chi connectivity index (χ2v) is 3.78. The largest absolute Gasteiger partial charge is 0.381 e. The summed E-state index contributed by atoms with van der Waals surface area (Å²) in [6.45, 7) is 3.86. The van der Waals surface area contributed by atoms with Gasteiger partial charge in [-0.1, -0.05) is 37.1 Å². The van der Waals surface area contributed by atoms with Crippen molar-refractivity contribution in [3.63, 3.8) is 0 Å². The Morgan fingerprint density at radius 2 is 1.86 bits per heavy atom. The highest BCUT2D eigenvalue weighted by atomic mass is 35.5. The number of benzene rings is 1. The van der Waals surface area contributed by atoms with Gasteiger partial charge in [0.05, 0.1) is 6.61 Å². The summed E-state index contributed by atoms with van der Waals surface area (Å²) in [7, 11) is 0. The predicted molar refractivity (Wildman–Crippen MR) is 60.9 cm³/mol. The molecule has 0 aromatic heterocycles. The molecular weight excluding hydrogens is 196 g/mol. The van der Waals surface area contributed by atoms with E-state index in [0.29, 0.717) is 0 Å². The molecule has 0 radical (unpaired) electrons. The lowest BCUT2D eigenvalue weighted by Crippen LogP contribution is -1.99. The van der Waals surface area contributed by atoms with Crippen LogP contribution in [0.3, 0.4) is 0 Å². The minimum Gasteiger partial charge on any atom is -0.381 e. The summed E-state index contributed by atoms with van der Waals surface area (Å²) in [5, 5.41) is 0.792. The average molecular weight is 213 g/mol. The van der Waals surface area contributed by atoms with Crippen LogP contribution < -0.4 is 0 Å². The zero-order valence-corrected chi connectivity index (χ0v) is 9.39. The van der Waals surface area contributed by atoms with Gasteiger partial charge in [-0.25, -0.2) is 0 Å². The highest BCUT2D eigenvalue weighted by Crippen LogP contribution is 2.09. The molecule has 1 aromatic rings. The number of ether oxygens (including phenoxy) is 1. The van der Waals surface area contributed by atoms with Crippen LogP contribution in [0.4, 0.5) is 0 Å². The van der Waals surface area contributed by atoms with E-state index < -0.39 is 0 Å². The molecule has 0 N–H and O–H groups in total. The van der Waals surface area contributed by atoms with Crippen molar-refractivity contribution in [3.8, 4) is 0 Å². The van der Waals surface area contributed by atoms with Gasteiger partial charge < -0.3 is 4.74 Å². The van der Waals surface area contributed by atoms with Crippen LogP contribution in [0.2, 0.25) is 5.02 Å².